The van der Waals surface area contributed by atoms with E-state index in [1.165, 1.54) is 12.1 Å². The second kappa shape index (κ2) is 6.38. The molecule has 25 heavy (non-hydrogen) atoms. The minimum Gasteiger partial charge on any atom is -0.478 e. The van der Waals surface area contributed by atoms with Crippen molar-refractivity contribution < 1.29 is 27.9 Å². The van der Waals surface area contributed by atoms with Gasteiger partial charge in [0.25, 0.3) is 0 Å². The van der Waals surface area contributed by atoms with E-state index in [2.05, 4.69) is 5.32 Å². The Morgan fingerprint density at radius 2 is 2.12 bits per heavy atom. The Balaban J connectivity index is 2.31. The molecule has 0 bridgehead atoms. The van der Waals surface area contributed by atoms with Gasteiger partial charge >= 0.3 is 5.97 Å². The number of aliphatic carboxylic acids is 1. The Labute approximate surface area is 142 Å². The molecule has 2 aliphatic rings. The molecule has 3 rings (SSSR count). The summed E-state index contributed by atoms with van der Waals surface area (Å²) in [6, 6.07) is 3.79. The van der Waals surface area contributed by atoms with Crippen LogP contribution >= 0.6 is 0 Å². The second-order valence-electron chi connectivity index (χ2n) is 6.06. The van der Waals surface area contributed by atoms with Gasteiger partial charge in [-0.05, 0) is 25.0 Å². The van der Waals surface area contributed by atoms with Gasteiger partial charge in [0.2, 0.25) is 0 Å². The molecule has 0 unspecified atom stereocenters. The van der Waals surface area contributed by atoms with E-state index in [1.54, 1.807) is 0 Å². The molecule has 0 radical (unpaired) electrons. The number of halogens is 3. The molecule has 1 aliphatic heterocycles. The minimum atomic E-state index is -1.71. The fourth-order valence-corrected chi connectivity index (χ4v) is 3.60. The van der Waals surface area contributed by atoms with Gasteiger partial charge in [0, 0.05) is 29.2 Å². The van der Waals surface area contributed by atoms with E-state index in [0.29, 0.717) is 12.1 Å². The maximum atomic E-state index is 14.2. The maximum absolute atomic E-state index is 14.2. The van der Waals surface area contributed by atoms with Crippen LogP contribution in [0.15, 0.2) is 40.7 Å². The van der Waals surface area contributed by atoms with E-state index in [4.69, 9.17) is 0 Å². The lowest BCUT2D eigenvalue weighted by Crippen LogP contribution is -2.31. The van der Waals surface area contributed by atoms with Crippen molar-refractivity contribution >= 4 is 11.8 Å². The van der Waals surface area contributed by atoms with Crippen molar-refractivity contribution in [3.05, 3.63) is 57.7 Å². The lowest BCUT2D eigenvalue weighted by molar-refractivity contribution is -0.133. The van der Waals surface area contributed by atoms with Crippen molar-refractivity contribution in [1.82, 2.24) is 5.32 Å². The molecule has 2 N–H and O–H groups in total. The molecular weight excluding hydrogens is 335 g/mol. The third kappa shape index (κ3) is 2.73. The molecule has 0 saturated carbocycles. The molecule has 1 aromatic carbocycles. The Morgan fingerprint density at radius 3 is 2.72 bits per heavy atom. The van der Waals surface area contributed by atoms with Crippen LogP contribution in [0.1, 0.15) is 43.0 Å². The minimum absolute atomic E-state index is 0.0441. The number of dihydropyridines is 1. The van der Waals surface area contributed by atoms with Gasteiger partial charge < -0.3 is 10.4 Å². The lowest BCUT2D eigenvalue weighted by Gasteiger charge is -2.30. The van der Waals surface area contributed by atoms with Gasteiger partial charge in [-0.25, -0.2) is 18.0 Å². The number of allylic oxidation sites excluding steroid dienone is 3. The zero-order valence-corrected chi connectivity index (χ0v) is 13.4. The third-order valence-electron chi connectivity index (χ3n) is 4.59. The maximum Gasteiger partial charge on any atom is 0.334 e. The van der Waals surface area contributed by atoms with Crippen molar-refractivity contribution in [2.24, 2.45) is 0 Å². The van der Waals surface area contributed by atoms with Crippen LogP contribution in [-0.4, -0.2) is 23.5 Å². The fourth-order valence-electron chi connectivity index (χ4n) is 3.60. The number of Topliss-reactive ketones (excluding diaryl/α,β-unsaturated/α-hetero) is 1. The molecule has 0 spiro atoms. The van der Waals surface area contributed by atoms with Crippen LogP contribution in [0.2, 0.25) is 0 Å². The first-order chi connectivity index (χ1) is 11.9. The van der Waals surface area contributed by atoms with E-state index >= 15 is 0 Å². The highest BCUT2D eigenvalue weighted by atomic mass is 19.1. The summed E-state index contributed by atoms with van der Waals surface area (Å²) in [7, 11) is 0. The van der Waals surface area contributed by atoms with Crippen LogP contribution in [0.3, 0.4) is 0 Å². The predicted molar refractivity (Wildman–Crippen MR) is 83.7 cm³/mol. The number of nitrogens with one attached hydrogen (secondary N) is 1. The first-order valence-electron chi connectivity index (χ1n) is 7.84. The van der Waals surface area contributed by atoms with Crippen molar-refractivity contribution in [2.75, 3.05) is 6.67 Å². The molecule has 0 aromatic heterocycles. The third-order valence-corrected chi connectivity index (χ3v) is 4.59. The normalized spacial score (nSPS) is 21.3. The SMILES string of the molecule is C[C@@H](F)c1c(F)cccc1[C@H]1C(C(=O)O)=C(CF)NC2=C1C(=O)CC2. The molecule has 2 atom stereocenters. The fraction of sp³-hybridized carbons (Fsp3) is 0.333. The number of carbonyl (C=O) groups is 2. The number of carboxylic acids is 1. The predicted octanol–water partition coefficient (Wildman–Crippen LogP) is 3.47. The largest absolute Gasteiger partial charge is 0.478 e. The molecule has 132 valence electrons. The zero-order chi connectivity index (χ0) is 18.3. The van der Waals surface area contributed by atoms with E-state index in [0.717, 1.165) is 13.0 Å². The summed E-state index contributed by atoms with van der Waals surface area (Å²) < 4.78 is 41.7. The summed E-state index contributed by atoms with van der Waals surface area (Å²) >= 11 is 0. The Morgan fingerprint density at radius 1 is 1.40 bits per heavy atom. The lowest BCUT2D eigenvalue weighted by atomic mass is 9.78. The number of hydrogen-bond donors (Lipinski definition) is 2. The van der Waals surface area contributed by atoms with Crippen molar-refractivity contribution in [3.63, 3.8) is 0 Å². The first kappa shape index (κ1) is 17.3. The monoisotopic (exact) mass is 351 g/mol. The van der Waals surface area contributed by atoms with Gasteiger partial charge in [0.1, 0.15) is 18.7 Å². The smallest absolute Gasteiger partial charge is 0.334 e. The van der Waals surface area contributed by atoms with E-state index in [1.807, 2.05) is 0 Å². The number of hydrogen-bond acceptors (Lipinski definition) is 3. The van der Waals surface area contributed by atoms with Crippen LogP contribution in [0, 0.1) is 5.82 Å². The van der Waals surface area contributed by atoms with Crippen LogP contribution < -0.4 is 5.32 Å². The number of ketones is 1. The van der Waals surface area contributed by atoms with E-state index in [9.17, 15) is 27.9 Å². The molecule has 0 fully saturated rings. The number of benzene rings is 1. The summed E-state index contributed by atoms with van der Waals surface area (Å²) in [6.45, 7) is 0.0495. The van der Waals surface area contributed by atoms with Gasteiger partial charge in [-0.15, -0.1) is 0 Å². The molecule has 0 saturated heterocycles. The highest BCUT2D eigenvalue weighted by Gasteiger charge is 2.42. The van der Waals surface area contributed by atoms with Gasteiger partial charge in [-0.2, -0.15) is 0 Å². The number of carbonyl (C=O) groups excluding carboxylic acids is 1. The molecule has 1 aromatic rings. The summed E-state index contributed by atoms with van der Waals surface area (Å²) in [5.74, 6) is -3.76. The molecular formula is C18H16F3NO3. The molecule has 0 amide bonds. The highest BCUT2D eigenvalue weighted by molar-refractivity contribution is 6.04. The summed E-state index contributed by atoms with van der Waals surface area (Å²) in [5.41, 5.74) is -0.256. The van der Waals surface area contributed by atoms with Crippen LogP contribution in [0.5, 0.6) is 0 Å². The number of rotatable bonds is 4. The molecule has 7 heteroatoms. The number of alkyl halides is 2. The first-order valence-corrected chi connectivity index (χ1v) is 7.84. The Hall–Kier alpha value is -2.57. The average Bonchev–Trinajstić information content (AvgIpc) is 2.93. The van der Waals surface area contributed by atoms with E-state index in [-0.39, 0.29) is 40.2 Å². The Kier molecular flexibility index (Phi) is 4.41. The zero-order valence-electron chi connectivity index (χ0n) is 13.4. The van der Waals surface area contributed by atoms with Crippen molar-refractivity contribution in [3.8, 4) is 0 Å². The molecule has 1 aliphatic carbocycles. The summed E-state index contributed by atoms with van der Waals surface area (Å²) in [4.78, 5) is 24.1. The quantitative estimate of drug-likeness (QED) is 0.872. The van der Waals surface area contributed by atoms with Gasteiger partial charge in [0.15, 0.2) is 5.78 Å². The van der Waals surface area contributed by atoms with E-state index < -0.39 is 30.6 Å². The summed E-state index contributed by atoms with van der Waals surface area (Å²) in [6.07, 6.45) is -1.25. The van der Waals surface area contributed by atoms with Crippen LogP contribution in [0.25, 0.3) is 0 Å². The molecule has 1 heterocycles. The van der Waals surface area contributed by atoms with Gasteiger partial charge in [0.05, 0.1) is 11.3 Å². The number of carboxylic acid groups (broad SMARTS) is 1. The van der Waals surface area contributed by atoms with Crippen molar-refractivity contribution in [1.29, 1.82) is 0 Å². The standard InChI is InChI=1S/C18H16F3NO3/c1-8(20)14-9(3-2-4-10(14)21)15-16-11(5-6-13(16)23)22-12(7-19)17(15)18(24)25/h2-4,8,15,22H,5-7H2,1H3,(H,24,25)/t8-,15-/m1/s1. The topological polar surface area (TPSA) is 66.4 Å². The second-order valence-corrected chi connectivity index (χ2v) is 6.06. The summed E-state index contributed by atoms with van der Waals surface area (Å²) in [5, 5.41) is 12.3. The Bertz CT molecular complexity index is 827. The average molecular weight is 351 g/mol. The molecule has 4 nitrogen and oxygen atoms in total. The van der Waals surface area contributed by atoms with Gasteiger partial charge in [-0.3, -0.25) is 4.79 Å². The van der Waals surface area contributed by atoms with Crippen LogP contribution in [-0.2, 0) is 9.59 Å². The van der Waals surface area contributed by atoms with Crippen molar-refractivity contribution in [2.45, 2.75) is 31.9 Å². The van der Waals surface area contributed by atoms with Crippen LogP contribution in [0.4, 0.5) is 13.2 Å². The highest BCUT2D eigenvalue weighted by Crippen LogP contribution is 2.45. The van der Waals surface area contributed by atoms with Gasteiger partial charge in [-0.1, -0.05) is 12.1 Å².